The highest BCUT2D eigenvalue weighted by Gasteiger charge is 2.09. The monoisotopic (exact) mass is 324 g/mol. The summed E-state index contributed by atoms with van der Waals surface area (Å²) >= 11 is 0. The highest BCUT2D eigenvalue weighted by Crippen LogP contribution is 2.26. The average Bonchev–Trinajstić information content (AvgIpc) is 2.59. The van der Waals surface area contributed by atoms with Gasteiger partial charge in [-0.15, -0.1) is 0 Å². The van der Waals surface area contributed by atoms with Gasteiger partial charge in [0.2, 0.25) is 0 Å². The lowest BCUT2D eigenvalue weighted by Gasteiger charge is -2.13. The van der Waals surface area contributed by atoms with Gasteiger partial charge in [-0.3, -0.25) is 0 Å². The number of aromatic nitrogens is 3. The van der Waals surface area contributed by atoms with Gasteiger partial charge in [-0.2, -0.15) is 0 Å². The molecular weight excluding hydrogens is 307 g/mol. The lowest BCUT2D eigenvalue weighted by molar-refractivity contribution is 0.627. The molecule has 24 heavy (non-hydrogen) atoms. The minimum Gasteiger partial charge on any atom is -0.393 e. The number of aryl methyl sites for hydroxylation is 1. The van der Waals surface area contributed by atoms with Gasteiger partial charge in [0.15, 0.2) is 11.6 Å². The Kier molecular flexibility index (Phi) is 4.51. The Morgan fingerprint density at radius 3 is 2.50 bits per heavy atom. The van der Waals surface area contributed by atoms with Crippen molar-refractivity contribution in [2.75, 3.05) is 16.4 Å². The summed E-state index contributed by atoms with van der Waals surface area (Å²) in [6.45, 7) is 2.42. The number of hydrogen-bond donors (Lipinski definition) is 3. The van der Waals surface area contributed by atoms with Crippen molar-refractivity contribution in [1.82, 2.24) is 15.0 Å². The van der Waals surface area contributed by atoms with Gasteiger partial charge in [-0.05, 0) is 36.2 Å². The first-order valence-corrected chi connectivity index (χ1v) is 7.41. The molecule has 0 fully saturated rings. The largest absolute Gasteiger partial charge is 0.393 e. The van der Waals surface area contributed by atoms with Gasteiger partial charge in [0.05, 0.1) is 0 Å². The summed E-state index contributed by atoms with van der Waals surface area (Å²) in [4.78, 5) is 12.6. The third-order valence-electron chi connectivity index (χ3n) is 3.50. The molecule has 0 atom stereocenters. The van der Waals surface area contributed by atoms with Crippen LogP contribution in [-0.4, -0.2) is 15.0 Å². The molecule has 0 unspecified atom stereocenters. The Morgan fingerprint density at radius 2 is 1.75 bits per heavy atom. The highest BCUT2D eigenvalue weighted by atomic mass is 19.1. The second-order valence-corrected chi connectivity index (χ2v) is 5.26. The minimum absolute atomic E-state index is 0.266. The number of benzene rings is 1. The van der Waals surface area contributed by atoms with E-state index in [2.05, 4.69) is 25.6 Å². The van der Waals surface area contributed by atoms with Crippen LogP contribution in [0.3, 0.4) is 0 Å². The molecule has 2 heterocycles. The molecule has 1 aromatic carbocycles. The zero-order valence-electron chi connectivity index (χ0n) is 13.1. The fourth-order valence-corrected chi connectivity index (χ4v) is 2.15. The highest BCUT2D eigenvalue weighted by molar-refractivity contribution is 5.77. The van der Waals surface area contributed by atoms with E-state index < -0.39 is 0 Å². The Balaban J connectivity index is 1.75. The number of halogens is 1. The summed E-state index contributed by atoms with van der Waals surface area (Å²) in [7, 11) is 0. The number of nitrogens with one attached hydrogen (secondary N) is 2. The molecule has 4 N–H and O–H groups in total. The summed E-state index contributed by atoms with van der Waals surface area (Å²) in [5.74, 6) is 1.41. The van der Waals surface area contributed by atoms with Crippen molar-refractivity contribution in [2.45, 2.75) is 13.5 Å². The third kappa shape index (κ3) is 3.57. The minimum atomic E-state index is -0.266. The molecule has 0 aliphatic heterocycles. The van der Waals surface area contributed by atoms with Crippen molar-refractivity contribution >= 4 is 23.1 Å². The summed E-state index contributed by atoms with van der Waals surface area (Å²) in [6.07, 6.45) is 3.12. The molecule has 3 rings (SSSR count). The quantitative estimate of drug-likeness (QED) is 0.667. The van der Waals surface area contributed by atoms with E-state index in [9.17, 15) is 4.39 Å². The van der Waals surface area contributed by atoms with E-state index in [0.29, 0.717) is 29.7 Å². The van der Waals surface area contributed by atoms with Gasteiger partial charge in [-0.25, -0.2) is 19.3 Å². The van der Waals surface area contributed by atoms with Gasteiger partial charge in [-0.1, -0.05) is 18.2 Å². The van der Waals surface area contributed by atoms with Gasteiger partial charge < -0.3 is 16.4 Å². The van der Waals surface area contributed by atoms with Gasteiger partial charge >= 0.3 is 0 Å². The maximum absolute atomic E-state index is 12.9. The fraction of sp³-hybridized carbons (Fsp3) is 0.118. The van der Waals surface area contributed by atoms with E-state index >= 15 is 0 Å². The molecule has 0 saturated carbocycles. The van der Waals surface area contributed by atoms with E-state index in [1.165, 1.54) is 18.5 Å². The van der Waals surface area contributed by atoms with E-state index in [4.69, 9.17) is 5.73 Å². The lowest BCUT2D eigenvalue weighted by Crippen LogP contribution is -2.08. The van der Waals surface area contributed by atoms with Crippen LogP contribution in [0.2, 0.25) is 0 Å². The van der Waals surface area contributed by atoms with E-state index in [1.54, 1.807) is 18.3 Å². The first-order chi connectivity index (χ1) is 11.6. The SMILES string of the molecule is Cc1cccnc1Nc1ncnc(NCc2ccc(F)cc2)c1N. The Morgan fingerprint density at radius 1 is 1.00 bits per heavy atom. The molecule has 0 radical (unpaired) electrons. The van der Waals surface area contributed by atoms with Crippen LogP contribution in [0.1, 0.15) is 11.1 Å². The standard InChI is InChI=1S/C17H17FN6/c1-11-3-2-8-20-15(11)24-17-14(19)16(22-10-23-17)21-9-12-4-6-13(18)7-5-12/h2-8,10H,9,19H2,1H3,(H2,20,21,22,23,24). The normalized spacial score (nSPS) is 10.4. The number of nitrogens with zero attached hydrogens (tertiary/aromatic N) is 3. The molecular formula is C17H17FN6. The topological polar surface area (TPSA) is 88.8 Å². The number of rotatable bonds is 5. The van der Waals surface area contributed by atoms with Crippen LogP contribution in [0.4, 0.5) is 27.5 Å². The van der Waals surface area contributed by atoms with Crippen LogP contribution < -0.4 is 16.4 Å². The number of hydrogen-bond acceptors (Lipinski definition) is 6. The Bertz CT molecular complexity index is 835. The summed E-state index contributed by atoms with van der Waals surface area (Å²) in [6, 6.07) is 10.0. The van der Waals surface area contributed by atoms with E-state index in [0.717, 1.165) is 11.1 Å². The lowest BCUT2D eigenvalue weighted by atomic mass is 10.2. The van der Waals surface area contributed by atoms with Gasteiger partial charge in [0, 0.05) is 12.7 Å². The number of nitrogens with two attached hydrogens (primary N) is 1. The number of nitrogen functional groups attached to an aromatic ring is 1. The maximum Gasteiger partial charge on any atom is 0.160 e. The van der Waals surface area contributed by atoms with E-state index in [-0.39, 0.29) is 5.82 Å². The third-order valence-corrected chi connectivity index (χ3v) is 3.50. The van der Waals surface area contributed by atoms with Crippen LogP contribution in [-0.2, 0) is 6.54 Å². The molecule has 0 amide bonds. The van der Waals surface area contributed by atoms with Crippen LogP contribution in [0, 0.1) is 12.7 Å². The smallest absolute Gasteiger partial charge is 0.160 e. The molecule has 0 aliphatic carbocycles. The Hall–Kier alpha value is -3.22. The first-order valence-electron chi connectivity index (χ1n) is 7.41. The zero-order chi connectivity index (χ0) is 16.9. The van der Waals surface area contributed by atoms with Crippen molar-refractivity contribution in [3.8, 4) is 0 Å². The zero-order valence-corrected chi connectivity index (χ0v) is 13.1. The number of anilines is 4. The second-order valence-electron chi connectivity index (χ2n) is 5.26. The predicted octanol–water partition coefficient (Wildman–Crippen LogP) is 3.26. The molecule has 122 valence electrons. The molecule has 3 aromatic rings. The van der Waals surface area contributed by atoms with E-state index in [1.807, 2.05) is 19.1 Å². The molecule has 2 aromatic heterocycles. The van der Waals surface area contributed by atoms with Crippen molar-refractivity contribution < 1.29 is 4.39 Å². The second kappa shape index (κ2) is 6.91. The van der Waals surface area contributed by atoms with Crippen molar-refractivity contribution in [1.29, 1.82) is 0 Å². The molecule has 0 bridgehead atoms. The molecule has 7 heteroatoms. The molecule has 0 saturated heterocycles. The average molecular weight is 324 g/mol. The van der Waals surface area contributed by atoms with Crippen LogP contribution in [0.15, 0.2) is 48.9 Å². The van der Waals surface area contributed by atoms with Crippen LogP contribution in [0.25, 0.3) is 0 Å². The fourth-order valence-electron chi connectivity index (χ4n) is 2.15. The van der Waals surface area contributed by atoms with Crippen molar-refractivity contribution in [3.63, 3.8) is 0 Å². The summed E-state index contributed by atoms with van der Waals surface area (Å²) in [5, 5.41) is 6.24. The van der Waals surface area contributed by atoms with Crippen molar-refractivity contribution in [3.05, 3.63) is 65.9 Å². The summed E-state index contributed by atoms with van der Waals surface area (Å²) < 4.78 is 12.9. The predicted molar refractivity (Wildman–Crippen MR) is 92.4 cm³/mol. The van der Waals surface area contributed by atoms with Gasteiger partial charge in [0.1, 0.15) is 23.6 Å². The number of pyridine rings is 1. The van der Waals surface area contributed by atoms with Crippen LogP contribution in [0.5, 0.6) is 0 Å². The van der Waals surface area contributed by atoms with Gasteiger partial charge in [0.25, 0.3) is 0 Å². The van der Waals surface area contributed by atoms with Crippen LogP contribution >= 0.6 is 0 Å². The molecule has 6 nitrogen and oxygen atoms in total. The maximum atomic E-state index is 12.9. The molecule has 0 spiro atoms. The van der Waals surface area contributed by atoms with Crippen molar-refractivity contribution in [2.24, 2.45) is 0 Å². The Labute approximate surface area is 139 Å². The first kappa shape index (κ1) is 15.7. The molecule has 0 aliphatic rings. The summed E-state index contributed by atoms with van der Waals surface area (Å²) in [5.41, 5.74) is 8.43.